The molecule has 1 aliphatic heterocycles. The van der Waals surface area contributed by atoms with Gasteiger partial charge in [0.25, 0.3) is 0 Å². The van der Waals surface area contributed by atoms with Crippen LogP contribution in [0.1, 0.15) is 40.0 Å². The van der Waals surface area contributed by atoms with E-state index in [0.29, 0.717) is 0 Å². The first-order chi connectivity index (χ1) is 4.60. The molecule has 0 fully saturated rings. The number of rotatable bonds is 0. The molecule has 10 heavy (non-hydrogen) atoms. The summed E-state index contributed by atoms with van der Waals surface area (Å²) in [6, 6.07) is 0. The molecule has 2 heteroatoms. The molecule has 58 valence electrons. The maximum absolute atomic E-state index is 5.29. The zero-order chi connectivity index (χ0) is 7.61. The van der Waals surface area contributed by atoms with Gasteiger partial charge in [0.1, 0.15) is 5.60 Å². The Morgan fingerprint density at radius 1 is 1.50 bits per heavy atom. The number of oxime groups is 1. The normalized spacial score (nSPS) is 24.5. The fraction of sp³-hybridized carbons (Fsp3) is 0.875. The summed E-state index contributed by atoms with van der Waals surface area (Å²) in [7, 11) is 0. The number of hydrogen-bond acceptors (Lipinski definition) is 2. The molecule has 1 rings (SSSR count). The van der Waals surface area contributed by atoms with Gasteiger partial charge in [-0.25, -0.2) is 0 Å². The molecule has 0 aromatic rings. The number of hydrogen-bond donors (Lipinski definition) is 0. The molecule has 0 bridgehead atoms. The predicted octanol–water partition coefficient (Wildman–Crippen LogP) is 2.34. The Hall–Kier alpha value is -0.530. The third-order valence-electron chi connectivity index (χ3n) is 1.77. The SMILES string of the molecule is CC1=NOC(C)(C)CCC1. The highest BCUT2D eigenvalue weighted by atomic mass is 16.6. The van der Waals surface area contributed by atoms with E-state index in [9.17, 15) is 0 Å². The van der Waals surface area contributed by atoms with E-state index < -0.39 is 0 Å². The van der Waals surface area contributed by atoms with E-state index in [-0.39, 0.29) is 5.60 Å². The lowest BCUT2D eigenvalue weighted by Gasteiger charge is -2.19. The van der Waals surface area contributed by atoms with Crippen molar-refractivity contribution in [2.24, 2.45) is 5.16 Å². The highest BCUT2D eigenvalue weighted by molar-refractivity contribution is 5.81. The van der Waals surface area contributed by atoms with Crippen molar-refractivity contribution in [2.45, 2.75) is 45.6 Å². The Bertz CT molecular complexity index is 149. The molecular formula is C8H15NO. The van der Waals surface area contributed by atoms with Crippen LogP contribution in [-0.2, 0) is 4.84 Å². The van der Waals surface area contributed by atoms with Crippen LogP contribution in [0, 0.1) is 0 Å². The first-order valence-electron chi connectivity index (χ1n) is 3.82. The van der Waals surface area contributed by atoms with Crippen LogP contribution in [0.3, 0.4) is 0 Å². The Morgan fingerprint density at radius 2 is 2.20 bits per heavy atom. The smallest absolute Gasteiger partial charge is 0.132 e. The molecule has 0 saturated carbocycles. The summed E-state index contributed by atoms with van der Waals surface area (Å²) in [6.07, 6.45) is 3.39. The largest absolute Gasteiger partial charge is 0.390 e. The standard InChI is InChI=1S/C8H15NO/c1-7-5-4-6-8(2,3)10-9-7/h4-6H2,1-3H3. The van der Waals surface area contributed by atoms with Gasteiger partial charge >= 0.3 is 0 Å². The van der Waals surface area contributed by atoms with E-state index in [1.54, 1.807) is 0 Å². The quantitative estimate of drug-likeness (QED) is 0.507. The molecule has 0 atom stereocenters. The lowest BCUT2D eigenvalue weighted by molar-refractivity contribution is -0.0170. The van der Waals surface area contributed by atoms with Gasteiger partial charge in [0.05, 0.1) is 5.71 Å². The Kier molecular flexibility index (Phi) is 1.97. The molecule has 0 aromatic heterocycles. The van der Waals surface area contributed by atoms with Crippen molar-refractivity contribution >= 4 is 5.71 Å². The summed E-state index contributed by atoms with van der Waals surface area (Å²) in [4.78, 5) is 5.29. The zero-order valence-electron chi connectivity index (χ0n) is 6.98. The summed E-state index contributed by atoms with van der Waals surface area (Å²) in [6.45, 7) is 6.17. The van der Waals surface area contributed by atoms with E-state index in [4.69, 9.17) is 4.84 Å². The molecule has 0 unspecified atom stereocenters. The summed E-state index contributed by atoms with van der Waals surface area (Å²) in [5.41, 5.74) is 1.07. The summed E-state index contributed by atoms with van der Waals surface area (Å²) in [5.74, 6) is 0. The predicted molar refractivity (Wildman–Crippen MR) is 42.1 cm³/mol. The summed E-state index contributed by atoms with van der Waals surface area (Å²) < 4.78 is 0. The topological polar surface area (TPSA) is 21.6 Å². The van der Waals surface area contributed by atoms with Crippen molar-refractivity contribution in [1.82, 2.24) is 0 Å². The van der Waals surface area contributed by atoms with Crippen molar-refractivity contribution in [3.05, 3.63) is 0 Å². The van der Waals surface area contributed by atoms with Crippen LogP contribution in [0.2, 0.25) is 0 Å². The van der Waals surface area contributed by atoms with E-state index in [2.05, 4.69) is 19.0 Å². The van der Waals surface area contributed by atoms with Gasteiger partial charge in [0.2, 0.25) is 0 Å². The van der Waals surface area contributed by atoms with Crippen LogP contribution in [0.5, 0.6) is 0 Å². The second-order valence-electron chi connectivity index (χ2n) is 3.53. The molecule has 0 amide bonds. The minimum Gasteiger partial charge on any atom is -0.390 e. The summed E-state index contributed by atoms with van der Waals surface area (Å²) in [5, 5.41) is 3.99. The molecule has 0 spiro atoms. The van der Waals surface area contributed by atoms with Gasteiger partial charge in [0, 0.05) is 0 Å². The van der Waals surface area contributed by atoms with Gasteiger partial charge in [0.15, 0.2) is 0 Å². The van der Waals surface area contributed by atoms with Crippen molar-refractivity contribution in [2.75, 3.05) is 0 Å². The molecule has 0 N–H and O–H groups in total. The zero-order valence-corrected chi connectivity index (χ0v) is 6.98. The molecular weight excluding hydrogens is 126 g/mol. The second-order valence-corrected chi connectivity index (χ2v) is 3.53. The van der Waals surface area contributed by atoms with Crippen LogP contribution < -0.4 is 0 Å². The van der Waals surface area contributed by atoms with Crippen LogP contribution in [-0.4, -0.2) is 11.3 Å². The second kappa shape index (κ2) is 2.60. The van der Waals surface area contributed by atoms with Crippen molar-refractivity contribution in [3.63, 3.8) is 0 Å². The van der Waals surface area contributed by atoms with Gasteiger partial charge in [-0.05, 0) is 40.0 Å². The van der Waals surface area contributed by atoms with Crippen molar-refractivity contribution in [1.29, 1.82) is 0 Å². The van der Waals surface area contributed by atoms with E-state index in [1.807, 2.05) is 6.92 Å². The molecule has 1 heterocycles. The Labute approximate surface area is 62.3 Å². The fourth-order valence-electron chi connectivity index (χ4n) is 1.06. The lowest BCUT2D eigenvalue weighted by Crippen LogP contribution is -2.20. The number of nitrogens with zero attached hydrogens (tertiary/aromatic N) is 1. The van der Waals surface area contributed by atoms with Crippen LogP contribution in [0.15, 0.2) is 5.16 Å². The Balaban J connectivity index is 2.57. The molecule has 0 aromatic carbocycles. The minimum atomic E-state index is -0.0439. The first-order valence-corrected chi connectivity index (χ1v) is 3.82. The van der Waals surface area contributed by atoms with Crippen LogP contribution in [0.25, 0.3) is 0 Å². The molecule has 0 saturated heterocycles. The third-order valence-corrected chi connectivity index (χ3v) is 1.77. The lowest BCUT2D eigenvalue weighted by atomic mass is 10.0. The maximum atomic E-state index is 5.29. The first kappa shape index (κ1) is 7.58. The van der Waals surface area contributed by atoms with Crippen LogP contribution >= 0.6 is 0 Å². The molecule has 1 aliphatic rings. The fourth-order valence-corrected chi connectivity index (χ4v) is 1.06. The average molecular weight is 141 g/mol. The van der Waals surface area contributed by atoms with Crippen molar-refractivity contribution < 1.29 is 4.84 Å². The van der Waals surface area contributed by atoms with E-state index >= 15 is 0 Å². The average Bonchev–Trinajstić information content (AvgIpc) is 1.94. The highest BCUT2D eigenvalue weighted by Crippen LogP contribution is 2.21. The van der Waals surface area contributed by atoms with Crippen molar-refractivity contribution in [3.8, 4) is 0 Å². The summed E-state index contributed by atoms with van der Waals surface area (Å²) >= 11 is 0. The van der Waals surface area contributed by atoms with E-state index in [0.717, 1.165) is 18.6 Å². The highest BCUT2D eigenvalue weighted by Gasteiger charge is 2.21. The minimum absolute atomic E-state index is 0.0439. The van der Waals surface area contributed by atoms with Gasteiger partial charge in [-0.15, -0.1) is 0 Å². The Morgan fingerprint density at radius 3 is 2.90 bits per heavy atom. The maximum Gasteiger partial charge on any atom is 0.132 e. The monoisotopic (exact) mass is 141 g/mol. The van der Waals surface area contributed by atoms with Gasteiger partial charge in [-0.2, -0.15) is 0 Å². The molecule has 0 radical (unpaired) electrons. The van der Waals surface area contributed by atoms with Gasteiger partial charge < -0.3 is 4.84 Å². The van der Waals surface area contributed by atoms with E-state index in [1.165, 1.54) is 6.42 Å². The molecule has 2 nitrogen and oxygen atoms in total. The van der Waals surface area contributed by atoms with Gasteiger partial charge in [-0.3, -0.25) is 0 Å². The third kappa shape index (κ3) is 2.01. The molecule has 0 aliphatic carbocycles. The van der Waals surface area contributed by atoms with Crippen LogP contribution in [0.4, 0.5) is 0 Å². The van der Waals surface area contributed by atoms with Gasteiger partial charge in [-0.1, -0.05) is 5.16 Å².